The van der Waals surface area contributed by atoms with Crippen LogP contribution in [0.3, 0.4) is 0 Å². The molecule has 7 heteroatoms. The van der Waals surface area contributed by atoms with Crippen LogP contribution in [0.5, 0.6) is 11.5 Å². The fourth-order valence-electron chi connectivity index (χ4n) is 3.19. The molecular formula is C20H30N2O5. The summed E-state index contributed by atoms with van der Waals surface area (Å²) in [5, 5.41) is 10.1. The van der Waals surface area contributed by atoms with Crippen LogP contribution < -0.4 is 4.74 Å². The fourth-order valence-corrected chi connectivity index (χ4v) is 3.19. The molecule has 0 radical (unpaired) electrons. The first-order chi connectivity index (χ1) is 12.6. The fraction of sp³-hybridized carbons (Fsp3) is 0.600. The van der Waals surface area contributed by atoms with E-state index in [1.807, 2.05) is 20.8 Å². The molecule has 1 N–H and O–H groups in total. The molecule has 0 aliphatic carbocycles. The summed E-state index contributed by atoms with van der Waals surface area (Å²) >= 11 is 0. The number of amides is 2. The van der Waals surface area contributed by atoms with E-state index in [-0.39, 0.29) is 29.2 Å². The Morgan fingerprint density at radius 3 is 2.63 bits per heavy atom. The van der Waals surface area contributed by atoms with Gasteiger partial charge in [-0.15, -0.1) is 0 Å². The highest BCUT2D eigenvalue weighted by molar-refractivity contribution is 5.97. The average molecular weight is 378 g/mol. The van der Waals surface area contributed by atoms with Crippen molar-refractivity contribution in [3.63, 3.8) is 0 Å². The summed E-state index contributed by atoms with van der Waals surface area (Å²) < 4.78 is 10.4. The number of rotatable bonds is 4. The lowest BCUT2D eigenvalue weighted by molar-refractivity contribution is 0.0244. The van der Waals surface area contributed by atoms with Gasteiger partial charge in [-0.25, -0.2) is 4.79 Å². The van der Waals surface area contributed by atoms with E-state index in [0.717, 1.165) is 12.8 Å². The minimum absolute atomic E-state index is 0.0904. The van der Waals surface area contributed by atoms with Crippen molar-refractivity contribution < 1.29 is 24.2 Å². The Balaban J connectivity index is 1.99. The van der Waals surface area contributed by atoms with Crippen molar-refractivity contribution in [2.45, 2.75) is 39.2 Å². The third-order valence-corrected chi connectivity index (χ3v) is 4.48. The molecule has 1 atom stereocenters. The molecule has 1 fully saturated rings. The van der Waals surface area contributed by atoms with Crippen molar-refractivity contribution in [1.82, 2.24) is 9.80 Å². The highest BCUT2D eigenvalue weighted by Gasteiger charge is 2.28. The zero-order valence-electron chi connectivity index (χ0n) is 16.8. The number of phenols is 1. The van der Waals surface area contributed by atoms with E-state index < -0.39 is 5.60 Å². The van der Waals surface area contributed by atoms with E-state index in [2.05, 4.69) is 0 Å². The number of hydrogen-bond donors (Lipinski definition) is 1. The minimum atomic E-state index is -0.536. The van der Waals surface area contributed by atoms with Crippen LogP contribution in [0.25, 0.3) is 0 Å². The van der Waals surface area contributed by atoms with Crippen LogP contribution in [-0.4, -0.2) is 66.3 Å². The van der Waals surface area contributed by atoms with Gasteiger partial charge in [0.15, 0.2) is 0 Å². The normalized spacial score (nSPS) is 17.4. The highest BCUT2D eigenvalue weighted by atomic mass is 16.6. The monoisotopic (exact) mass is 378 g/mol. The number of benzene rings is 1. The summed E-state index contributed by atoms with van der Waals surface area (Å²) in [7, 11) is 3.22. The van der Waals surface area contributed by atoms with Crippen molar-refractivity contribution >= 4 is 12.0 Å². The molecule has 1 heterocycles. The molecule has 1 aliphatic heterocycles. The number of carbonyl (C=O) groups is 2. The second kappa shape index (κ2) is 8.50. The Bertz CT molecular complexity index is 683. The summed E-state index contributed by atoms with van der Waals surface area (Å²) in [5.41, 5.74) is -0.275. The van der Waals surface area contributed by atoms with Gasteiger partial charge in [0.1, 0.15) is 17.1 Å². The van der Waals surface area contributed by atoms with Gasteiger partial charge in [0.2, 0.25) is 0 Å². The molecule has 0 spiro atoms. The van der Waals surface area contributed by atoms with E-state index in [0.29, 0.717) is 25.4 Å². The van der Waals surface area contributed by atoms with Crippen LogP contribution in [0.15, 0.2) is 18.2 Å². The van der Waals surface area contributed by atoms with Gasteiger partial charge in [-0.1, -0.05) is 0 Å². The summed E-state index contributed by atoms with van der Waals surface area (Å²) in [6, 6.07) is 4.67. The Kier molecular flexibility index (Phi) is 6.57. The predicted molar refractivity (Wildman–Crippen MR) is 102 cm³/mol. The number of likely N-dealkylation sites (tertiary alicyclic amines) is 1. The van der Waals surface area contributed by atoms with Crippen LogP contribution in [0, 0.1) is 5.92 Å². The van der Waals surface area contributed by atoms with Gasteiger partial charge in [-0.2, -0.15) is 0 Å². The average Bonchev–Trinajstić information content (AvgIpc) is 2.59. The molecule has 0 bridgehead atoms. The van der Waals surface area contributed by atoms with Gasteiger partial charge in [-0.3, -0.25) is 4.79 Å². The summed E-state index contributed by atoms with van der Waals surface area (Å²) in [5.74, 6) is 0.368. The maximum absolute atomic E-state index is 12.8. The maximum atomic E-state index is 12.8. The van der Waals surface area contributed by atoms with Crippen molar-refractivity contribution in [3.8, 4) is 11.5 Å². The third-order valence-electron chi connectivity index (χ3n) is 4.48. The third kappa shape index (κ3) is 5.77. The number of piperidine rings is 1. The topological polar surface area (TPSA) is 79.3 Å². The number of aromatic hydroxyl groups is 1. The first-order valence-corrected chi connectivity index (χ1v) is 9.21. The van der Waals surface area contributed by atoms with Crippen molar-refractivity contribution in [1.29, 1.82) is 0 Å². The van der Waals surface area contributed by atoms with E-state index in [1.165, 1.54) is 13.2 Å². The number of ether oxygens (including phenoxy) is 2. The van der Waals surface area contributed by atoms with Gasteiger partial charge in [0.05, 0.1) is 12.7 Å². The van der Waals surface area contributed by atoms with Gasteiger partial charge < -0.3 is 24.4 Å². The Labute approximate surface area is 160 Å². The van der Waals surface area contributed by atoms with Gasteiger partial charge in [-0.05, 0) is 51.7 Å². The first-order valence-electron chi connectivity index (χ1n) is 9.21. The largest absolute Gasteiger partial charge is 0.507 e. The number of phenolic OH excluding ortho intramolecular Hbond substituents is 1. The molecule has 7 nitrogen and oxygen atoms in total. The molecule has 1 aromatic carbocycles. The van der Waals surface area contributed by atoms with E-state index in [9.17, 15) is 14.7 Å². The molecule has 0 aromatic heterocycles. The number of methoxy groups -OCH3 is 1. The van der Waals surface area contributed by atoms with Crippen molar-refractivity contribution in [2.75, 3.05) is 33.8 Å². The maximum Gasteiger partial charge on any atom is 0.410 e. The number of carbonyl (C=O) groups excluding carboxylic acids is 2. The highest BCUT2D eigenvalue weighted by Crippen LogP contribution is 2.27. The molecule has 1 aromatic rings. The molecular weight excluding hydrogens is 348 g/mol. The van der Waals surface area contributed by atoms with Crippen molar-refractivity contribution in [3.05, 3.63) is 23.8 Å². The predicted octanol–water partition coefficient (Wildman–Crippen LogP) is 3.12. The Hall–Kier alpha value is -2.44. The van der Waals surface area contributed by atoms with E-state index in [1.54, 1.807) is 29.0 Å². The summed E-state index contributed by atoms with van der Waals surface area (Å²) in [6.07, 6.45) is 1.43. The Morgan fingerprint density at radius 1 is 1.33 bits per heavy atom. The molecule has 1 aliphatic rings. The summed E-state index contributed by atoms with van der Waals surface area (Å²) in [6.45, 7) is 7.20. The lowest BCUT2D eigenvalue weighted by Gasteiger charge is -2.35. The first kappa shape index (κ1) is 20.9. The van der Waals surface area contributed by atoms with Gasteiger partial charge >= 0.3 is 6.09 Å². The molecule has 2 rings (SSSR count). The smallest absolute Gasteiger partial charge is 0.410 e. The Morgan fingerprint density at radius 2 is 2.04 bits per heavy atom. The molecule has 1 unspecified atom stereocenters. The van der Waals surface area contributed by atoms with Crippen LogP contribution in [0.2, 0.25) is 0 Å². The second-order valence-electron chi connectivity index (χ2n) is 8.00. The number of nitrogens with zero attached hydrogens (tertiary/aromatic N) is 2. The van der Waals surface area contributed by atoms with E-state index >= 15 is 0 Å². The lowest BCUT2D eigenvalue weighted by Crippen LogP contribution is -2.45. The van der Waals surface area contributed by atoms with Gasteiger partial charge in [0.25, 0.3) is 5.91 Å². The second-order valence-corrected chi connectivity index (χ2v) is 8.00. The van der Waals surface area contributed by atoms with Crippen LogP contribution in [-0.2, 0) is 4.74 Å². The van der Waals surface area contributed by atoms with Crippen molar-refractivity contribution in [2.24, 2.45) is 5.92 Å². The molecule has 0 saturated carbocycles. The molecule has 150 valence electrons. The minimum Gasteiger partial charge on any atom is -0.507 e. The zero-order chi connectivity index (χ0) is 20.2. The number of hydrogen-bond acceptors (Lipinski definition) is 5. The van der Waals surface area contributed by atoms with E-state index in [4.69, 9.17) is 9.47 Å². The summed E-state index contributed by atoms with van der Waals surface area (Å²) in [4.78, 5) is 28.2. The molecule has 2 amide bonds. The van der Waals surface area contributed by atoms with Crippen LogP contribution >= 0.6 is 0 Å². The van der Waals surface area contributed by atoms with Gasteiger partial charge in [0, 0.05) is 32.7 Å². The van der Waals surface area contributed by atoms with Crippen LogP contribution in [0.1, 0.15) is 44.0 Å². The lowest BCUT2D eigenvalue weighted by atomic mass is 9.96. The molecule has 27 heavy (non-hydrogen) atoms. The van der Waals surface area contributed by atoms with Crippen LogP contribution in [0.4, 0.5) is 4.79 Å². The quantitative estimate of drug-likeness (QED) is 0.871. The zero-order valence-corrected chi connectivity index (χ0v) is 16.8. The SMILES string of the molecule is COc1ccc(C(=O)N2CCCC(CN(C)C(=O)OC(C)(C)C)C2)c(O)c1. The standard InChI is InChI=1S/C20H30N2O5/c1-20(2,3)27-19(25)21(4)12-14-7-6-10-22(13-14)18(24)16-9-8-15(26-5)11-17(16)23/h8-9,11,14,23H,6-7,10,12-13H2,1-5H3. The molecule has 1 saturated heterocycles.